The number of allylic oxidation sites excluding steroid dienone is 2. The zero-order valence-electron chi connectivity index (χ0n) is 23.9. The largest absolute Gasteiger partial charge is 0.494 e. The molecule has 0 amide bonds. The summed E-state index contributed by atoms with van der Waals surface area (Å²) in [6, 6.07) is 29.8. The normalized spacial score (nSPS) is 20.6. The van der Waals surface area contributed by atoms with Gasteiger partial charge in [0, 0.05) is 0 Å². The van der Waals surface area contributed by atoms with Gasteiger partial charge in [-0.25, -0.2) is 0 Å². The lowest BCUT2D eigenvalue weighted by atomic mass is 9.70. The van der Waals surface area contributed by atoms with Crippen molar-refractivity contribution in [3.05, 3.63) is 119 Å². The van der Waals surface area contributed by atoms with Crippen LogP contribution in [0, 0.1) is 11.8 Å². The summed E-state index contributed by atoms with van der Waals surface area (Å²) in [4.78, 5) is 24.3. The average molecular weight is 573 g/mol. The molecule has 1 N–H and O–H groups in total. The Bertz CT molecular complexity index is 1760. The summed E-state index contributed by atoms with van der Waals surface area (Å²) in [5.41, 5.74) is 9.00. The molecule has 0 radical (unpaired) electrons. The van der Waals surface area contributed by atoms with Crippen LogP contribution in [0.15, 0.2) is 97.1 Å². The predicted octanol–water partition coefficient (Wildman–Crippen LogP) is 7.02. The topological polar surface area (TPSA) is 82.1 Å². The van der Waals surface area contributed by atoms with Crippen LogP contribution in [0.1, 0.15) is 42.0 Å². The molecule has 4 aromatic rings. The molecule has 0 aromatic heterocycles. The van der Waals surface area contributed by atoms with Gasteiger partial charge in [-0.15, -0.1) is 0 Å². The van der Waals surface area contributed by atoms with E-state index in [1.165, 1.54) is 33.4 Å². The molecule has 3 unspecified atom stereocenters. The third-order valence-electron chi connectivity index (χ3n) is 8.99. The molecule has 6 nitrogen and oxygen atoms in total. The predicted molar refractivity (Wildman–Crippen MR) is 163 cm³/mol. The second-order valence-corrected chi connectivity index (χ2v) is 11.2. The van der Waals surface area contributed by atoms with Gasteiger partial charge < -0.3 is 19.3 Å². The van der Waals surface area contributed by atoms with E-state index in [0.717, 1.165) is 16.9 Å². The van der Waals surface area contributed by atoms with Crippen molar-refractivity contribution in [3.63, 3.8) is 0 Å². The molecule has 43 heavy (non-hydrogen) atoms. The number of ether oxygens (including phenoxy) is 3. The Morgan fingerprint density at radius 2 is 1.23 bits per heavy atom. The highest BCUT2D eigenvalue weighted by Crippen LogP contribution is 2.63. The van der Waals surface area contributed by atoms with Gasteiger partial charge in [0.25, 0.3) is 0 Å². The molecule has 7 rings (SSSR count). The zero-order valence-corrected chi connectivity index (χ0v) is 23.9. The standard InChI is InChI=1S/C37H32O6/c1-2-41-23-15-17-27-25-9-5-7-13-31(25)37(33(27)21-23)32-14-8-6-10-26(32)28-18-16-24(22-34(28)37)42-19-20-43-36(40)30-12-4-3-11-29(30)35(38)39/h3-10,13-18,21-22,29-30H,2,11-12,19-20H2,1H3,(H,38,39). The van der Waals surface area contributed by atoms with Gasteiger partial charge in [-0.05, 0) is 88.5 Å². The molecule has 0 fully saturated rings. The van der Waals surface area contributed by atoms with Crippen molar-refractivity contribution in [1.29, 1.82) is 0 Å². The number of carbonyl (C=O) groups is 2. The lowest BCUT2D eigenvalue weighted by Crippen LogP contribution is -2.33. The quantitative estimate of drug-likeness (QED) is 0.120. The Morgan fingerprint density at radius 1 is 0.698 bits per heavy atom. The third-order valence-corrected chi connectivity index (χ3v) is 8.99. The summed E-state index contributed by atoms with van der Waals surface area (Å²) in [7, 11) is 0. The van der Waals surface area contributed by atoms with E-state index in [1.54, 1.807) is 0 Å². The number of rotatable bonds is 8. The molecule has 0 saturated carbocycles. The Hall–Kier alpha value is -4.84. The molecule has 0 bridgehead atoms. The van der Waals surface area contributed by atoms with Gasteiger partial charge in [0.05, 0.1) is 23.9 Å². The highest BCUT2D eigenvalue weighted by Gasteiger charge is 2.52. The molecule has 1 spiro atoms. The van der Waals surface area contributed by atoms with Crippen molar-refractivity contribution in [1.82, 2.24) is 0 Å². The van der Waals surface area contributed by atoms with E-state index in [0.29, 0.717) is 25.2 Å². The van der Waals surface area contributed by atoms with Crippen molar-refractivity contribution in [2.75, 3.05) is 19.8 Å². The SMILES string of the molecule is CCOc1ccc2c(c1)C1(c3ccccc3-2)c2ccccc2-c2ccc(OCCOC(=O)C3CC=CCC3C(=O)O)cc21. The lowest BCUT2D eigenvalue weighted by molar-refractivity contribution is -0.158. The fourth-order valence-corrected chi connectivity index (χ4v) is 7.20. The van der Waals surface area contributed by atoms with Gasteiger partial charge in [0.1, 0.15) is 24.7 Å². The summed E-state index contributed by atoms with van der Waals surface area (Å²) in [5.74, 6) is -1.38. The number of benzene rings is 4. The van der Waals surface area contributed by atoms with Gasteiger partial charge in [-0.1, -0.05) is 72.8 Å². The molecular weight excluding hydrogens is 540 g/mol. The van der Waals surface area contributed by atoms with Gasteiger partial charge in [-0.3, -0.25) is 9.59 Å². The van der Waals surface area contributed by atoms with Crippen molar-refractivity contribution >= 4 is 11.9 Å². The number of hydrogen-bond donors (Lipinski definition) is 1. The second-order valence-electron chi connectivity index (χ2n) is 11.2. The molecule has 216 valence electrons. The van der Waals surface area contributed by atoms with E-state index in [4.69, 9.17) is 14.2 Å². The van der Waals surface area contributed by atoms with E-state index in [9.17, 15) is 14.7 Å². The smallest absolute Gasteiger partial charge is 0.310 e. The molecular formula is C37H32O6. The summed E-state index contributed by atoms with van der Waals surface area (Å²) in [6.45, 7) is 2.78. The summed E-state index contributed by atoms with van der Waals surface area (Å²) < 4.78 is 17.6. The minimum absolute atomic E-state index is 0.0389. The van der Waals surface area contributed by atoms with Crippen LogP contribution >= 0.6 is 0 Å². The first-order valence-corrected chi connectivity index (χ1v) is 14.8. The number of fused-ring (bicyclic) bond motifs is 10. The van der Waals surface area contributed by atoms with E-state index in [-0.39, 0.29) is 13.2 Å². The van der Waals surface area contributed by atoms with Crippen LogP contribution in [0.2, 0.25) is 0 Å². The maximum Gasteiger partial charge on any atom is 0.310 e. The van der Waals surface area contributed by atoms with Crippen molar-refractivity contribution in [2.24, 2.45) is 11.8 Å². The maximum atomic E-state index is 12.7. The van der Waals surface area contributed by atoms with Crippen LogP contribution in [-0.2, 0) is 19.7 Å². The van der Waals surface area contributed by atoms with Gasteiger partial charge in [0.15, 0.2) is 0 Å². The summed E-state index contributed by atoms with van der Waals surface area (Å²) in [6.07, 6.45) is 4.36. The van der Waals surface area contributed by atoms with Crippen LogP contribution in [0.5, 0.6) is 11.5 Å². The summed E-state index contributed by atoms with van der Waals surface area (Å²) in [5, 5.41) is 9.50. The van der Waals surface area contributed by atoms with Gasteiger partial charge in [0.2, 0.25) is 0 Å². The first kappa shape index (κ1) is 27.0. The van der Waals surface area contributed by atoms with E-state index >= 15 is 0 Å². The number of carboxylic acids is 1. The molecule has 4 aromatic carbocycles. The molecule has 0 heterocycles. The monoisotopic (exact) mass is 572 g/mol. The van der Waals surface area contributed by atoms with Crippen molar-refractivity contribution in [2.45, 2.75) is 25.2 Å². The minimum Gasteiger partial charge on any atom is -0.494 e. The summed E-state index contributed by atoms with van der Waals surface area (Å²) >= 11 is 0. The molecule has 6 heteroatoms. The van der Waals surface area contributed by atoms with Crippen molar-refractivity contribution in [3.8, 4) is 33.8 Å². The third kappa shape index (κ3) is 4.23. The van der Waals surface area contributed by atoms with Crippen LogP contribution in [0.25, 0.3) is 22.3 Å². The van der Waals surface area contributed by atoms with E-state index < -0.39 is 29.2 Å². The molecule has 3 aliphatic carbocycles. The maximum absolute atomic E-state index is 12.7. The van der Waals surface area contributed by atoms with Crippen molar-refractivity contribution < 1.29 is 28.9 Å². The minimum atomic E-state index is -0.973. The molecule has 3 atom stereocenters. The second kappa shape index (κ2) is 10.8. The number of esters is 1. The Balaban J connectivity index is 1.22. The fourth-order valence-electron chi connectivity index (χ4n) is 7.20. The first-order valence-electron chi connectivity index (χ1n) is 14.8. The van der Waals surface area contributed by atoms with Crippen LogP contribution in [0.4, 0.5) is 0 Å². The van der Waals surface area contributed by atoms with Gasteiger partial charge in [-0.2, -0.15) is 0 Å². The lowest BCUT2D eigenvalue weighted by Gasteiger charge is -2.30. The number of carbonyl (C=O) groups excluding carboxylic acids is 1. The Labute approximate surface area is 250 Å². The van der Waals surface area contributed by atoms with Gasteiger partial charge >= 0.3 is 11.9 Å². The Kier molecular flexibility index (Phi) is 6.77. The Morgan fingerprint density at radius 3 is 1.81 bits per heavy atom. The fraction of sp³-hybridized carbons (Fsp3) is 0.243. The van der Waals surface area contributed by atoms with E-state index in [2.05, 4.69) is 72.8 Å². The molecule has 0 aliphatic heterocycles. The highest BCUT2D eigenvalue weighted by atomic mass is 16.6. The van der Waals surface area contributed by atoms with Crippen LogP contribution in [-0.4, -0.2) is 36.9 Å². The number of aliphatic carboxylic acids is 1. The van der Waals surface area contributed by atoms with Crippen LogP contribution in [0.3, 0.4) is 0 Å². The number of carboxylic acid groups (broad SMARTS) is 1. The van der Waals surface area contributed by atoms with E-state index in [1.807, 2.05) is 31.2 Å². The average Bonchev–Trinajstić information content (AvgIpc) is 3.50. The highest BCUT2D eigenvalue weighted by molar-refractivity contribution is 5.95. The number of hydrogen-bond acceptors (Lipinski definition) is 5. The zero-order chi connectivity index (χ0) is 29.6. The molecule has 0 saturated heterocycles. The first-order chi connectivity index (χ1) is 21.0. The molecule has 3 aliphatic rings. The van der Waals surface area contributed by atoms with Crippen LogP contribution < -0.4 is 9.47 Å².